The molecule has 0 aromatic carbocycles. The van der Waals surface area contributed by atoms with Gasteiger partial charge in [0.2, 0.25) is 5.91 Å². The average molecular weight is 183 g/mol. The topological polar surface area (TPSA) is 64.9 Å². The van der Waals surface area contributed by atoms with Crippen LogP contribution in [0, 0.1) is 11.3 Å². The lowest BCUT2D eigenvalue weighted by atomic mass is 10.2. The third kappa shape index (κ3) is 6.12. The Bertz CT molecular complexity index is 186. The summed E-state index contributed by atoms with van der Waals surface area (Å²) in [5.74, 6) is 0.0134. The van der Waals surface area contributed by atoms with E-state index in [0.29, 0.717) is 19.5 Å². The molecular weight excluding hydrogens is 166 g/mol. The summed E-state index contributed by atoms with van der Waals surface area (Å²) in [5, 5.41) is 14.0. The van der Waals surface area contributed by atoms with Crippen molar-refractivity contribution < 1.29 is 4.79 Å². The number of hydrogen-bond acceptors (Lipinski definition) is 3. The first-order valence-corrected chi connectivity index (χ1v) is 4.60. The fraction of sp³-hybridized carbons (Fsp3) is 0.778. The maximum atomic E-state index is 11.2. The first-order chi connectivity index (χ1) is 6.22. The van der Waals surface area contributed by atoms with Crippen LogP contribution in [0.5, 0.6) is 0 Å². The summed E-state index contributed by atoms with van der Waals surface area (Å²) in [6.45, 7) is 5.08. The van der Waals surface area contributed by atoms with Crippen molar-refractivity contribution in [2.75, 3.05) is 13.1 Å². The molecule has 0 saturated carbocycles. The summed E-state index contributed by atoms with van der Waals surface area (Å²) < 4.78 is 0. The van der Waals surface area contributed by atoms with Gasteiger partial charge in [-0.15, -0.1) is 0 Å². The SMILES string of the molecule is CCNC(=O)C(C)NCCCC#N. The lowest BCUT2D eigenvalue weighted by Crippen LogP contribution is -2.42. The minimum Gasteiger partial charge on any atom is -0.355 e. The Labute approximate surface area is 79.3 Å². The number of unbranched alkanes of at least 4 members (excludes halogenated alkanes) is 1. The zero-order valence-corrected chi connectivity index (χ0v) is 8.26. The quantitative estimate of drug-likeness (QED) is 0.586. The molecular formula is C9H17N3O. The standard InChI is InChI=1S/C9H17N3O/c1-3-11-9(13)8(2)12-7-5-4-6-10/h8,12H,3-5,7H2,1-2H3,(H,11,13). The molecule has 0 radical (unpaired) electrons. The second-order valence-electron chi connectivity index (χ2n) is 2.83. The second-order valence-corrected chi connectivity index (χ2v) is 2.83. The van der Waals surface area contributed by atoms with Crippen LogP contribution in [0.3, 0.4) is 0 Å². The fourth-order valence-electron chi connectivity index (χ4n) is 0.906. The van der Waals surface area contributed by atoms with Gasteiger partial charge in [0.05, 0.1) is 12.1 Å². The van der Waals surface area contributed by atoms with E-state index in [1.165, 1.54) is 0 Å². The second kappa shape index (κ2) is 7.56. The molecule has 0 aliphatic carbocycles. The van der Waals surface area contributed by atoms with Gasteiger partial charge in [0.25, 0.3) is 0 Å². The van der Waals surface area contributed by atoms with Gasteiger partial charge in [-0.05, 0) is 26.8 Å². The Kier molecular flexibility index (Phi) is 6.93. The third-order valence-corrected chi connectivity index (χ3v) is 1.66. The highest BCUT2D eigenvalue weighted by Gasteiger charge is 2.09. The summed E-state index contributed by atoms with van der Waals surface area (Å²) in [6.07, 6.45) is 1.33. The van der Waals surface area contributed by atoms with Crippen LogP contribution < -0.4 is 10.6 Å². The number of nitrogens with zero attached hydrogens (tertiary/aromatic N) is 1. The first-order valence-electron chi connectivity index (χ1n) is 4.60. The molecule has 4 heteroatoms. The number of amides is 1. The lowest BCUT2D eigenvalue weighted by Gasteiger charge is -2.12. The summed E-state index contributed by atoms with van der Waals surface area (Å²) in [4.78, 5) is 11.2. The zero-order valence-electron chi connectivity index (χ0n) is 8.26. The Morgan fingerprint density at radius 2 is 2.31 bits per heavy atom. The number of carbonyl (C=O) groups excluding carboxylic acids is 1. The van der Waals surface area contributed by atoms with E-state index in [1.54, 1.807) is 0 Å². The van der Waals surface area contributed by atoms with Crippen molar-refractivity contribution in [3.8, 4) is 6.07 Å². The highest BCUT2D eigenvalue weighted by molar-refractivity contribution is 5.81. The van der Waals surface area contributed by atoms with E-state index >= 15 is 0 Å². The molecule has 0 fully saturated rings. The van der Waals surface area contributed by atoms with Crippen LogP contribution in [0.4, 0.5) is 0 Å². The van der Waals surface area contributed by atoms with E-state index in [0.717, 1.165) is 6.42 Å². The number of nitrogens with one attached hydrogen (secondary N) is 2. The number of likely N-dealkylation sites (N-methyl/N-ethyl adjacent to an activating group) is 1. The van der Waals surface area contributed by atoms with Crippen LogP contribution in [0.1, 0.15) is 26.7 Å². The third-order valence-electron chi connectivity index (χ3n) is 1.66. The van der Waals surface area contributed by atoms with E-state index in [-0.39, 0.29) is 11.9 Å². The van der Waals surface area contributed by atoms with Crippen LogP contribution in [-0.2, 0) is 4.79 Å². The molecule has 0 rings (SSSR count). The number of hydrogen-bond donors (Lipinski definition) is 2. The van der Waals surface area contributed by atoms with Crippen molar-refractivity contribution in [2.45, 2.75) is 32.7 Å². The number of rotatable bonds is 6. The maximum Gasteiger partial charge on any atom is 0.236 e. The molecule has 1 unspecified atom stereocenters. The molecule has 0 aliphatic rings. The minimum absolute atomic E-state index is 0.0134. The molecule has 0 aromatic rings. The largest absolute Gasteiger partial charge is 0.355 e. The maximum absolute atomic E-state index is 11.2. The van der Waals surface area contributed by atoms with E-state index in [2.05, 4.69) is 16.7 Å². The molecule has 1 amide bonds. The fourth-order valence-corrected chi connectivity index (χ4v) is 0.906. The average Bonchev–Trinajstić information content (AvgIpc) is 2.12. The Morgan fingerprint density at radius 1 is 1.62 bits per heavy atom. The summed E-state index contributed by atoms with van der Waals surface area (Å²) in [7, 11) is 0. The van der Waals surface area contributed by atoms with Gasteiger partial charge in [0.1, 0.15) is 0 Å². The predicted octanol–water partition coefficient (Wildman–Crippen LogP) is 0.404. The van der Waals surface area contributed by atoms with E-state index in [1.807, 2.05) is 13.8 Å². The molecule has 0 saturated heterocycles. The van der Waals surface area contributed by atoms with Gasteiger partial charge in [-0.3, -0.25) is 4.79 Å². The molecule has 74 valence electrons. The van der Waals surface area contributed by atoms with Crippen molar-refractivity contribution in [1.29, 1.82) is 5.26 Å². The predicted molar refractivity (Wildman–Crippen MR) is 51.0 cm³/mol. The van der Waals surface area contributed by atoms with Crippen molar-refractivity contribution in [3.63, 3.8) is 0 Å². The van der Waals surface area contributed by atoms with Crippen molar-refractivity contribution in [2.24, 2.45) is 0 Å². The molecule has 0 aliphatic heterocycles. The Hall–Kier alpha value is -1.08. The lowest BCUT2D eigenvalue weighted by molar-refractivity contribution is -0.122. The van der Waals surface area contributed by atoms with Gasteiger partial charge in [-0.2, -0.15) is 5.26 Å². The zero-order chi connectivity index (χ0) is 10.1. The summed E-state index contributed by atoms with van der Waals surface area (Å²) in [5.41, 5.74) is 0. The molecule has 4 nitrogen and oxygen atoms in total. The van der Waals surface area contributed by atoms with Crippen LogP contribution in [-0.4, -0.2) is 25.0 Å². The van der Waals surface area contributed by atoms with Gasteiger partial charge in [0, 0.05) is 13.0 Å². The van der Waals surface area contributed by atoms with Crippen LogP contribution in [0.25, 0.3) is 0 Å². The van der Waals surface area contributed by atoms with Gasteiger partial charge < -0.3 is 10.6 Å². The normalized spacial score (nSPS) is 11.8. The van der Waals surface area contributed by atoms with E-state index < -0.39 is 0 Å². The molecule has 0 bridgehead atoms. The van der Waals surface area contributed by atoms with Gasteiger partial charge in [-0.25, -0.2) is 0 Å². The van der Waals surface area contributed by atoms with Gasteiger partial charge >= 0.3 is 0 Å². The van der Waals surface area contributed by atoms with Crippen molar-refractivity contribution >= 4 is 5.91 Å². The number of carbonyl (C=O) groups is 1. The first kappa shape index (κ1) is 11.9. The summed E-state index contributed by atoms with van der Waals surface area (Å²) in [6, 6.07) is 1.89. The smallest absolute Gasteiger partial charge is 0.236 e. The summed E-state index contributed by atoms with van der Waals surface area (Å²) >= 11 is 0. The van der Waals surface area contributed by atoms with Crippen molar-refractivity contribution in [1.82, 2.24) is 10.6 Å². The monoisotopic (exact) mass is 183 g/mol. The highest BCUT2D eigenvalue weighted by Crippen LogP contribution is 1.86. The Morgan fingerprint density at radius 3 is 2.85 bits per heavy atom. The van der Waals surface area contributed by atoms with Crippen molar-refractivity contribution in [3.05, 3.63) is 0 Å². The molecule has 0 spiro atoms. The van der Waals surface area contributed by atoms with E-state index in [9.17, 15) is 4.79 Å². The van der Waals surface area contributed by atoms with E-state index in [4.69, 9.17) is 5.26 Å². The molecule has 1 atom stereocenters. The highest BCUT2D eigenvalue weighted by atomic mass is 16.2. The molecule has 2 N–H and O–H groups in total. The molecule has 0 heterocycles. The minimum atomic E-state index is -0.168. The number of nitriles is 1. The van der Waals surface area contributed by atoms with Crippen LogP contribution in [0.15, 0.2) is 0 Å². The van der Waals surface area contributed by atoms with Gasteiger partial charge in [0.15, 0.2) is 0 Å². The van der Waals surface area contributed by atoms with Crippen LogP contribution >= 0.6 is 0 Å². The Balaban J connectivity index is 3.45. The van der Waals surface area contributed by atoms with Crippen LogP contribution in [0.2, 0.25) is 0 Å². The molecule has 13 heavy (non-hydrogen) atoms. The van der Waals surface area contributed by atoms with Gasteiger partial charge in [-0.1, -0.05) is 0 Å². The molecule has 0 aromatic heterocycles.